The molecule has 19 heavy (non-hydrogen) atoms. The van der Waals surface area contributed by atoms with Crippen LogP contribution in [0, 0.1) is 0 Å². The van der Waals surface area contributed by atoms with Crippen LogP contribution in [0.15, 0.2) is 48.5 Å². The van der Waals surface area contributed by atoms with Gasteiger partial charge in [-0.2, -0.15) is 0 Å². The van der Waals surface area contributed by atoms with Gasteiger partial charge in [0.05, 0.1) is 0 Å². The van der Waals surface area contributed by atoms with E-state index in [1.807, 2.05) is 25.2 Å². The predicted molar refractivity (Wildman–Crippen MR) is 77.3 cm³/mol. The summed E-state index contributed by atoms with van der Waals surface area (Å²) in [7, 11) is 2.03. The van der Waals surface area contributed by atoms with Crippen LogP contribution in [0.2, 0.25) is 0 Å². The van der Waals surface area contributed by atoms with E-state index in [9.17, 15) is 0 Å². The lowest BCUT2D eigenvalue weighted by atomic mass is 10.1. The van der Waals surface area contributed by atoms with Gasteiger partial charge >= 0.3 is 0 Å². The molecule has 0 amide bonds. The SMILES string of the molecule is CNC1CCc2cc(OCc3ccccc3)ccc21. The van der Waals surface area contributed by atoms with Crippen molar-refractivity contribution in [2.45, 2.75) is 25.5 Å². The molecule has 1 unspecified atom stereocenters. The Bertz CT molecular complexity index is 550. The molecule has 0 aliphatic heterocycles. The van der Waals surface area contributed by atoms with Crippen molar-refractivity contribution < 1.29 is 4.74 Å². The Morgan fingerprint density at radius 1 is 1.16 bits per heavy atom. The van der Waals surface area contributed by atoms with Crippen LogP contribution in [-0.2, 0) is 13.0 Å². The Morgan fingerprint density at radius 2 is 2.00 bits per heavy atom. The van der Waals surface area contributed by atoms with E-state index in [0.29, 0.717) is 12.6 Å². The van der Waals surface area contributed by atoms with Crippen LogP contribution in [0.4, 0.5) is 0 Å². The summed E-state index contributed by atoms with van der Waals surface area (Å²) < 4.78 is 5.87. The monoisotopic (exact) mass is 253 g/mol. The number of hydrogen-bond acceptors (Lipinski definition) is 2. The van der Waals surface area contributed by atoms with Crippen LogP contribution in [0.25, 0.3) is 0 Å². The summed E-state index contributed by atoms with van der Waals surface area (Å²) in [5.41, 5.74) is 4.05. The Morgan fingerprint density at radius 3 is 2.79 bits per heavy atom. The molecular formula is C17H19NO. The van der Waals surface area contributed by atoms with E-state index in [1.54, 1.807) is 0 Å². The molecule has 1 atom stereocenters. The first-order valence-corrected chi connectivity index (χ1v) is 6.83. The second kappa shape index (κ2) is 5.45. The molecule has 2 nitrogen and oxygen atoms in total. The highest BCUT2D eigenvalue weighted by Crippen LogP contribution is 2.33. The van der Waals surface area contributed by atoms with Gasteiger partial charge < -0.3 is 10.1 Å². The topological polar surface area (TPSA) is 21.3 Å². The largest absolute Gasteiger partial charge is 0.489 e. The molecule has 0 bridgehead atoms. The van der Waals surface area contributed by atoms with E-state index < -0.39 is 0 Å². The van der Waals surface area contributed by atoms with Crippen molar-refractivity contribution in [3.8, 4) is 5.75 Å². The molecule has 0 aromatic heterocycles. The summed E-state index contributed by atoms with van der Waals surface area (Å²) in [5, 5.41) is 3.36. The fourth-order valence-electron chi connectivity index (χ4n) is 2.72. The third-order valence-electron chi connectivity index (χ3n) is 3.79. The van der Waals surface area contributed by atoms with Gasteiger partial charge in [-0.05, 0) is 48.7 Å². The molecule has 0 fully saturated rings. The van der Waals surface area contributed by atoms with Crippen molar-refractivity contribution in [2.24, 2.45) is 0 Å². The number of rotatable bonds is 4. The van der Waals surface area contributed by atoms with Crippen molar-refractivity contribution >= 4 is 0 Å². The molecule has 0 saturated carbocycles. The lowest BCUT2D eigenvalue weighted by Gasteiger charge is -2.11. The molecule has 98 valence electrons. The van der Waals surface area contributed by atoms with Crippen molar-refractivity contribution in [1.29, 1.82) is 0 Å². The van der Waals surface area contributed by atoms with Gasteiger partial charge in [0.25, 0.3) is 0 Å². The highest BCUT2D eigenvalue weighted by atomic mass is 16.5. The molecule has 0 spiro atoms. The lowest BCUT2D eigenvalue weighted by molar-refractivity contribution is 0.306. The summed E-state index contributed by atoms with van der Waals surface area (Å²) in [4.78, 5) is 0. The van der Waals surface area contributed by atoms with Gasteiger partial charge in [0, 0.05) is 6.04 Å². The zero-order chi connectivity index (χ0) is 13.1. The van der Waals surface area contributed by atoms with E-state index in [0.717, 1.165) is 12.2 Å². The molecule has 2 aromatic rings. The maximum Gasteiger partial charge on any atom is 0.120 e. The first kappa shape index (κ1) is 12.2. The minimum absolute atomic E-state index is 0.512. The Hall–Kier alpha value is -1.80. The van der Waals surface area contributed by atoms with Crippen LogP contribution in [0.3, 0.4) is 0 Å². The van der Waals surface area contributed by atoms with Crippen LogP contribution >= 0.6 is 0 Å². The van der Waals surface area contributed by atoms with E-state index in [4.69, 9.17) is 4.74 Å². The maximum absolute atomic E-state index is 5.87. The number of benzene rings is 2. The maximum atomic E-state index is 5.87. The van der Waals surface area contributed by atoms with Gasteiger partial charge in [-0.15, -0.1) is 0 Å². The van der Waals surface area contributed by atoms with E-state index in [1.165, 1.54) is 23.1 Å². The lowest BCUT2D eigenvalue weighted by Crippen LogP contribution is -2.12. The first-order chi connectivity index (χ1) is 9.36. The highest BCUT2D eigenvalue weighted by molar-refractivity contribution is 5.40. The highest BCUT2D eigenvalue weighted by Gasteiger charge is 2.20. The summed E-state index contributed by atoms with van der Waals surface area (Å²) in [5.74, 6) is 0.972. The molecule has 0 heterocycles. The van der Waals surface area contributed by atoms with E-state index in [2.05, 4.69) is 35.6 Å². The third kappa shape index (κ3) is 2.64. The van der Waals surface area contributed by atoms with Gasteiger partial charge in [-0.25, -0.2) is 0 Å². The van der Waals surface area contributed by atoms with Crippen LogP contribution in [0.1, 0.15) is 29.2 Å². The van der Waals surface area contributed by atoms with Gasteiger partial charge in [-0.1, -0.05) is 36.4 Å². The Balaban J connectivity index is 1.70. The quantitative estimate of drug-likeness (QED) is 0.900. The Labute approximate surface area is 114 Å². The average Bonchev–Trinajstić information content (AvgIpc) is 2.88. The minimum atomic E-state index is 0.512. The fourth-order valence-corrected chi connectivity index (χ4v) is 2.72. The van der Waals surface area contributed by atoms with Crippen LogP contribution in [-0.4, -0.2) is 7.05 Å². The number of nitrogens with one attached hydrogen (secondary N) is 1. The second-order valence-electron chi connectivity index (χ2n) is 5.01. The van der Waals surface area contributed by atoms with Gasteiger partial charge in [0.1, 0.15) is 12.4 Å². The summed E-state index contributed by atoms with van der Waals surface area (Å²) in [6.07, 6.45) is 2.33. The third-order valence-corrected chi connectivity index (χ3v) is 3.79. The van der Waals surface area contributed by atoms with Crippen LogP contribution < -0.4 is 10.1 Å². The number of fused-ring (bicyclic) bond motifs is 1. The summed E-state index contributed by atoms with van der Waals surface area (Å²) in [6, 6.07) is 17.3. The normalized spacial score (nSPS) is 17.2. The molecule has 1 aliphatic rings. The zero-order valence-corrected chi connectivity index (χ0v) is 11.2. The van der Waals surface area contributed by atoms with Gasteiger partial charge in [0.15, 0.2) is 0 Å². The second-order valence-corrected chi connectivity index (χ2v) is 5.01. The number of aryl methyl sites for hydroxylation is 1. The average molecular weight is 253 g/mol. The fraction of sp³-hybridized carbons (Fsp3) is 0.294. The molecule has 2 heteroatoms. The van der Waals surface area contributed by atoms with Crippen molar-refractivity contribution in [3.05, 3.63) is 65.2 Å². The molecular weight excluding hydrogens is 234 g/mol. The smallest absolute Gasteiger partial charge is 0.120 e. The number of ether oxygens (including phenoxy) is 1. The van der Waals surface area contributed by atoms with Gasteiger partial charge in [-0.3, -0.25) is 0 Å². The first-order valence-electron chi connectivity index (χ1n) is 6.83. The molecule has 3 rings (SSSR count). The van der Waals surface area contributed by atoms with Crippen molar-refractivity contribution in [3.63, 3.8) is 0 Å². The molecule has 0 radical (unpaired) electrons. The van der Waals surface area contributed by atoms with E-state index in [-0.39, 0.29) is 0 Å². The number of hydrogen-bond donors (Lipinski definition) is 1. The van der Waals surface area contributed by atoms with Crippen LogP contribution in [0.5, 0.6) is 5.75 Å². The molecule has 1 N–H and O–H groups in total. The van der Waals surface area contributed by atoms with Crippen molar-refractivity contribution in [1.82, 2.24) is 5.32 Å². The predicted octanol–water partition coefficient (Wildman–Crippen LogP) is 3.47. The Kier molecular flexibility index (Phi) is 3.51. The van der Waals surface area contributed by atoms with Crippen molar-refractivity contribution in [2.75, 3.05) is 7.05 Å². The summed E-state index contributed by atoms with van der Waals surface area (Å²) >= 11 is 0. The molecule has 0 saturated heterocycles. The van der Waals surface area contributed by atoms with Gasteiger partial charge in [0.2, 0.25) is 0 Å². The standard InChI is InChI=1S/C17H19NO/c1-18-17-10-7-14-11-15(8-9-16(14)17)19-12-13-5-3-2-4-6-13/h2-6,8-9,11,17-18H,7,10,12H2,1H3. The molecule has 2 aromatic carbocycles. The molecule has 1 aliphatic carbocycles. The van der Waals surface area contributed by atoms with E-state index >= 15 is 0 Å². The summed E-state index contributed by atoms with van der Waals surface area (Å²) in [6.45, 7) is 0.634. The zero-order valence-electron chi connectivity index (χ0n) is 11.2. The minimum Gasteiger partial charge on any atom is -0.489 e.